The second-order valence-corrected chi connectivity index (χ2v) is 3.77. The Morgan fingerprint density at radius 2 is 2.00 bits per heavy atom. The highest BCUT2D eigenvalue weighted by atomic mass is 35.5. The van der Waals surface area contributed by atoms with Crippen LogP contribution in [0.5, 0.6) is 0 Å². The number of nitrogens with one attached hydrogen (secondary N) is 1. The van der Waals surface area contributed by atoms with Crippen LogP contribution < -0.4 is 11.1 Å². The van der Waals surface area contributed by atoms with E-state index in [1.165, 1.54) is 0 Å². The lowest BCUT2D eigenvalue weighted by Crippen LogP contribution is -2.41. The van der Waals surface area contributed by atoms with E-state index in [1.807, 2.05) is 13.8 Å². The summed E-state index contributed by atoms with van der Waals surface area (Å²) in [6, 6.07) is 0. The highest BCUT2D eigenvalue weighted by Crippen LogP contribution is 2.09. The first-order chi connectivity index (χ1) is 6.37. The van der Waals surface area contributed by atoms with E-state index < -0.39 is 19.0 Å². The number of carbonyl (C=O) groups is 1. The maximum atomic E-state index is 12.6. The number of hydrogen-bond acceptors (Lipinski definition) is 2. The maximum absolute atomic E-state index is 12.6. The second-order valence-electron chi connectivity index (χ2n) is 3.77. The van der Waals surface area contributed by atoms with E-state index in [1.54, 1.807) is 0 Å². The van der Waals surface area contributed by atoms with Crippen molar-refractivity contribution in [2.45, 2.75) is 32.6 Å². The normalized spacial score (nSPS) is 11.1. The Balaban J connectivity index is 0. The zero-order valence-corrected chi connectivity index (χ0v) is 9.87. The molecule has 0 atom stereocenters. The molecule has 0 saturated carbocycles. The minimum absolute atomic E-state index is 0. The Bertz CT molecular complexity index is 189. The molecule has 0 saturated heterocycles. The molecule has 0 heterocycles. The number of nitrogens with two attached hydrogens (primary N) is 1. The summed E-state index contributed by atoms with van der Waals surface area (Å²) < 4.78 is 25.1. The van der Waals surface area contributed by atoms with Crippen LogP contribution in [0.3, 0.4) is 0 Å². The molecule has 0 bridgehead atoms. The molecule has 0 unspecified atom stereocenters. The molecule has 92 valence electrons. The van der Waals surface area contributed by atoms with Crippen molar-refractivity contribution in [3.05, 3.63) is 0 Å². The van der Waals surface area contributed by atoms with Gasteiger partial charge in [0.2, 0.25) is 5.91 Å². The van der Waals surface area contributed by atoms with E-state index in [2.05, 4.69) is 5.32 Å². The summed E-state index contributed by atoms with van der Waals surface area (Å²) in [5.74, 6) is -2.93. The highest BCUT2D eigenvalue weighted by Gasteiger charge is 2.26. The number of carbonyl (C=O) groups excluding carboxylic acids is 1. The molecule has 0 fully saturated rings. The first-order valence-electron chi connectivity index (χ1n) is 4.72. The van der Waals surface area contributed by atoms with Gasteiger partial charge in [-0.05, 0) is 12.3 Å². The quantitative estimate of drug-likeness (QED) is 0.745. The lowest BCUT2D eigenvalue weighted by molar-refractivity contribution is -0.123. The van der Waals surface area contributed by atoms with Gasteiger partial charge in [0.15, 0.2) is 0 Å². The Hall–Kier alpha value is -0.420. The van der Waals surface area contributed by atoms with E-state index >= 15 is 0 Å². The van der Waals surface area contributed by atoms with Crippen LogP contribution in [0.2, 0.25) is 0 Å². The van der Waals surface area contributed by atoms with Gasteiger partial charge in [0, 0.05) is 6.42 Å². The fourth-order valence-electron chi connectivity index (χ4n) is 0.808. The molecule has 15 heavy (non-hydrogen) atoms. The molecule has 1 amide bonds. The molecule has 0 aliphatic rings. The third-order valence-electron chi connectivity index (χ3n) is 1.79. The first kappa shape index (κ1) is 17.0. The summed E-state index contributed by atoms with van der Waals surface area (Å²) in [5, 5.41) is 2.16. The SMILES string of the molecule is CC(C)CCC(=O)NCC(F)(F)CN.Cl. The molecular formula is C9H19ClF2N2O. The molecule has 6 heteroatoms. The minimum Gasteiger partial charge on any atom is -0.350 e. The zero-order valence-electron chi connectivity index (χ0n) is 9.06. The van der Waals surface area contributed by atoms with Gasteiger partial charge in [-0.3, -0.25) is 4.79 Å². The summed E-state index contributed by atoms with van der Waals surface area (Å²) in [5.41, 5.74) is 4.81. The Labute approximate surface area is 95.2 Å². The van der Waals surface area contributed by atoms with E-state index in [0.717, 1.165) is 0 Å². The van der Waals surface area contributed by atoms with Gasteiger partial charge in [-0.1, -0.05) is 13.8 Å². The van der Waals surface area contributed by atoms with Gasteiger partial charge < -0.3 is 11.1 Å². The molecule has 0 aromatic heterocycles. The number of hydrogen-bond donors (Lipinski definition) is 2. The lowest BCUT2D eigenvalue weighted by Gasteiger charge is -2.14. The van der Waals surface area contributed by atoms with E-state index in [0.29, 0.717) is 12.3 Å². The van der Waals surface area contributed by atoms with E-state index in [9.17, 15) is 13.6 Å². The second kappa shape index (κ2) is 7.82. The van der Waals surface area contributed by atoms with Crippen LogP contribution >= 0.6 is 12.4 Å². The van der Waals surface area contributed by atoms with Gasteiger partial charge >= 0.3 is 0 Å². The number of halogens is 3. The van der Waals surface area contributed by atoms with Crippen LogP contribution in [0.1, 0.15) is 26.7 Å². The van der Waals surface area contributed by atoms with Crippen molar-refractivity contribution in [1.82, 2.24) is 5.32 Å². The van der Waals surface area contributed by atoms with Crippen LogP contribution in [-0.2, 0) is 4.79 Å². The van der Waals surface area contributed by atoms with Gasteiger partial charge in [-0.25, -0.2) is 8.78 Å². The Morgan fingerprint density at radius 1 is 1.47 bits per heavy atom. The summed E-state index contributed by atoms with van der Waals surface area (Å²) in [6.45, 7) is 2.54. The topological polar surface area (TPSA) is 55.1 Å². The lowest BCUT2D eigenvalue weighted by atomic mass is 10.1. The summed E-state index contributed by atoms with van der Waals surface area (Å²) in [7, 11) is 0. The van der Waals surface area contributed by atoms with Crippen molar-refractivity contribution >= 4 is 18.3 Å². The fourth-order valence-corrected chi connectivity index (χ4v) is 0.808. The van der Waals surface area contributed by atoms with Gasteiger partial charge in [0.1, 0.15) is 0 Å². The Morgan fingerprint density at radius 3 is 2.40 bits per heavy atom. The standard InChI is InChI=1S/C9H18F2N2O.ClH/c1-7(2)3-4-8(14)13-6-9(10,11)5-12;/h7H,3-6,12H2,1-2H3,(H,13,14);1H. The molecule has 3 N–H and O–H groups in total. The molecule has 0 rings (SSSR count). The summed E-state index contributed by atoms with van der Waals surface area (Å²) in [4.78, 5) is 11.0. The number of rotatable bonds is 6. The van der Waals surface area contributed by atoms with Crippen LogP contribution in [-0.4, -0.2) is 24.9 Å². The molecule has 3 nitrogen and oxygen atoms in total. The number of alkyl halides is 2. The predicted molar refractivity (Wildman–Crippen MR) is 58.3 cm³/mol. The third kappa shape index (κ3) is 9.87. The predicted octanol–water partition coefficient (Wildman–Crippen LogP) is 1.55. The van der Waals surface area contributed by atoms with Crippen LogP contribution in [0, 0.1) is 5.92 Å². The van der Waals surface area contributed by atoms with Gasteiger partial charge in [-0.15, -0.1) is 12.4 Å². The largest absolute Gasteiger partial charge is 0.350 e. The smallest absolute Gasteiger partial charge is 0.277 e. The monoisotopic (exact) mass is 244 g/mol. The van der Waals surface area contributed by atoms with Crippen LogP contribution in [0.15, 0.2) is 0 Å². The zero-order chi connectivity index (χ0) is 11.2. The van der Waals surface area contributed by atoms with Crippen molar-refractivity contribution in [2.75, 3.05) is 13.1 Å². The first-order valence-corrected chi connectivity index (χ1v) is 4.72. The summed E-state index contributed by atoms with van der Waals surface area (Å²) in [6.07, 6.45) is 0.998. The molecule has 0 spiro atoms. The van der Waals surface area contributed by atoms with Crippen molar-refractivity contribution in [2.24, 2.45) is 11.7 Å². The maximum Gasteiger partial charge on any atom is 0.277 e. The van der Waals surface area contributed by atoms with E-state index in [4.69, 9.17) is 5.73 Å². The molecule has 0 aromatic carbocycles. The third-order valence-corrected chi connectivity index (χ3v) is 1.79. The molecule has 0 aliphatic heterocycles. The van der Waals surface area contributed by atoms with Crippen molar-refractivity contribution in [3.63, 3.8) is 0 Å². The van der Waals surface area contributed by atoms with E-state index in [-0.39, 0.29) is 24.7 Å². The van der Waals surface area contributed by atoms with Gasteiger partial charge in [0.25, 0.3) is 5.92 Å². The van der Waals surface area contributed by atoms with Crippen LogP contribution in [0.4, 0.5) is 8.78 Å². The van der Waals surface area contributed by atoms with Gasteiger partial charge in [-0.2, -0.15) is 0 Å². The fraction of sp³-hybridized carbons (Fsp3) is 0.889. The minimum atomic E-state index is -2.99. The molecular weight excluding hydrogens is 226 g/mol. The number of amides is 1. The van der Waals surface area contributed by atoms with Crippen molar-refractivity contribution in [1.29, 1.82) is 0 Å². The summed E-state index contributed by atoms with van der Waals surface area (Å²) >= 11 is 0. The molecule has 0 aromatic rings. The van der Waals surface area contributed by atoms with Crippen LogP contribution in [0.25, 0.3) is 0 Å². The average Bonchev–Trinajstić information content (AvgIpc) is 2.11. The van der Waals surface area contributed by atoms with Gasteiger partial charge in [0.05, 0.1) is 13.1 Å². The molecule has 0 radical (unpaired) electrons. The Kier molecular flexibility index (Phi) is 8.86. The average molecular weight is 245 g/mol. The highest BCUT2D eigenvalue weighted by molar-refractivity contribution is 5.85. The van der Waals surface area contributed by atoms with Crippen molar-refractivity contribution in [3.8, 4) is 0 Å². The van der Waals surface area contributed by atoms with Crippen molar-refractivity contribution < 1.29 is 13.6 Å². The molecule has 0 aliphatic carbocycles.